The third-order valence-electron chi connectivity index (χ3n) is 5.88. The fraction of sp³-hybridized carbons (Fsp3) is 0.320. The Morgan fingerprint density at radius 2 is 1.81 bits per heavy atom. The average molecular weight is 472 g/mol. The lowest BCUT2D eigenvalue weighted by atomic mass is 9.90. The van der Waals surface area contributed by atoms with Gasteiger partial charge in [0.2, 0.25) is 10.0 Å². The van der Waals surface area contributed by atoms with Crippen LogP contribution in [0.15, 0.2) is 65.8 Å². The van der Waals surface area contributed by atoms with Gasteiger partial charge in [0.1, 0.15) is 0 Å². The van der Waals surface area contributed by atoms with Gasteiger partial charge >= 0.3 is 0 Å². The Labute approximate surface area is 196 Å². The first-order valence-electron chi connectivity index (χ1n) is 10.6. The molecule has 0 amide bonds. The van der Waals surface area contributed by atoms with E-state index in [0.29, 0.717) is 30.1 Å². The number of hydrogen-bond acceptors (Lipinski definition) is 4. The van der Waals surface area contributed by atoms with E-state index in [-0.39, 0.29) is 4.90 Å². The fourth-order valence-corrected chi connectivity index (χ4v) is 6.22. The van der Waals surface area contributed by atoms with Crippen LogP contribution in [0, 0.1) is 13.8 Å². The Balaban J connectivity index is 2.13. The highest BCUT2D eigenvalue weighted by molar-refractivity contribution is 7.89. The van der Waals surface area contributed by atoms with Gasteiger partial charge in [-0.3, -0.25) is 4.98 Å². The van der Waals surface area contributed by atoms with Crippen LogP contribution in [0.2, 0.25) is 5.02 Å². The molecule has 5 nitrogen and oxygen atoms in total. The number of aryl methyl sites for hydroxylation is 1. The Morgan fingerprint density at radius 1 is 1.09 bits per heavy atom. The summed E-state index contributed by atoms with van der Waals surface area (Å²) in [4.78, 5) is 4.39. The molecule has 2 aromatic carbocycles. The molecule has 0 unspecified atom stereocenters. The van der Waals surface area contributed by atoms with Crippen molar-refractivity contribution in [3.63, 3.8) is 0 Å². The van der Waals surface area contributed by atoms with E-state index in [0.717, 1.165) is 22.3 Å². The molecular weight excluding hydrogens is 442 g/mol. The van der Waals surface area contributed by atoms with E-state index in [2.05, 4.69) is 11.1 Å². The molecule has 0 aliphatic heterocycles. The van der Waals surface area contributed by atoms with Crippen molar-refractivity contribution >= 4 is 21.6 Å². The maximum Gasteiger partial charge on any atom is 0.244 e. The first-order valence-corrected chi connectivity index (χ1v) is 12.4. The number of benzene rings is 2. The maximum atomic E-state index is 13.9. The Bertz CT molecular complexity index is 1210. The van der Waals surface area contributed by atoms with Crippen molar-refractivity contribution in [2.45, 2.75) is 44.6 Å². The molecule has 32 heavy (non-hydrogen) atoms. The Kier molecular flexibility index (Phi) is 7.40. The molecule has 0 saturated heterocycles. The van der Waals surface area contributed by atoms with Crippen LogP contribution in [0.25, 0.3) is 11.1 Å². The SMILES string of the molecule is Cc1cnccc1-c1cccc(C(C)(C)N(CCCN)S(=O)(=O)c2cccc(Cl)c2C)c1. The maximum absolute atomic E-state index is 13.9. The molecule has 170 valence electrons. The van der Waals surface area contributed by atoms with Crippen molar-refractivity contribution in [1.29, 1.82) is 0 Å². The van der Waals surface area contributed by atoms with Gasteiger partial charge in [0.05, 0.1) is 10.4 Å². The van der Waals surface area contributed by atoms with Gasteiger partial charge in [0.25, 0.3) is 0 Å². The Morgan fingerprint density at radius 3 is 2.50 bits per heavy atom. The summed E-state index contributed by atoms with van der Waals surface area (Å²) in [5.41, 5.74) is 9.53. The number of nitrogens with zero attached hydrogens (tertiary/aromatic N) is 2. The van der Waals surface area contributed by atoms with E-state index in [1.54, 1.807) is 35.6 Å². The zero-order chi connectivity index (χ0) is 23.5. The first kappa shape index (κ1) is 24.4. The highest BCUT2D eigenvalue weighted by atomic mass is 35.5. The first-order chi connectivity index (χ1) is 15.1. The average Bonchev–Trinajstić information content (AvgIpc) is 2.76. The zero-order valence-electron chi connectivity index (χ0n) is 19.0. The van der Waals surface area contributed by atoms with Crippen LogP contribution in [-0.4, -0.2) is 30.8 Å². The highest BCUT2D eigenvalue weighted by Gasteiger charge is 2.39. The Hall–Kier alpha value is -2.25. The van der Waals surface area contributed by atoms with Gasteiger partial charge in [0, 0.05) is 24.0 Å². The number of rotatable bonds is 8. The van der Waals surface area contributed by atoms with Gasteiger partial charge in [-0.2, -0.15) is 4.31 Å². The highest BCUT2D eigenvalue weighted by Crippen LogP contribution is 2.37. The van der Waals surface area contributed by atoms with Crippen LogP contribution in [-0.2, 0) is 15.6 Å². The third kappa shape index (κ3) is 4.74. The molecule has 0 bridgehead atoms. The summed E-state index contributed by atoms with van der Waals surface area (Å²) >= 11 is 6.26. The van der Waals surface area contributed by atoms with Gasteiger partial charge in [-0.1, -0.05) is 35.9 Å². The predicted octanol–water partition coefficient (Wildman–Crippen LogP) is 5.29. The minimum Gasteiger partial charge on any atom is -0.330 e. The summed E-state index contributed by atoms with van der Waals surface area (Å²) in [6.07, 6.45) is 4.14. The second kappa shape index (κ2) is 9.71. The monoisotopic (exact) mass is 471 g/mol. The molecule has 0 spiro atoms. The predicted molar refractivity (Wildman–Crippen MR) is 131 cm³/mol. The number of aromatic nitrogens is 1. The second-order valence-electron chi connectivity index (χ2n) is 8.41. The van der Waals surface area contributed by atoms with Crippen LogP contribution in [0.3, 0.4) is 0 Å². The molecule has 0 saturated carbocycles. The quantitative estimate of drug-likeness (QED) is 0.484. The summed E-state index contributed by atoms with van der Waals surface area (Å²) < 4.78 is 29.3. The topological polar surface area (TPSA) is 76.3 Å². The molecular formula is C25H30ClN3O2S. The molecule has 3 rings (SSSR count). The summed E-state index contributed by atoms with van der Waals surface area (Å²) in [6, 6.07) is 15.0. The molecule has 0 aliphatic carbocycles. The van der Waals surface area contributed by atoms with E-state index < -0.39 is 15.6 Å². The third-order valence-corrected chi connectivity index (χ3v) is 8.50. The van der Waals surface area contributed by atoms with Crippen LogP contribution < -0.4 is 5.73 Å². The van der Waals surface area contributed by atoms with Crippen LogP contribution in [0.1, 0.15) is 37.0 Å². The van der Waals surface area contributed by atoms with E-state index in [1.165, 1.54) is 0 Å². The van der Waals surface area contributed by atoms with Crippen molar-refractivity contribution in [1.82, 2.24) is 9.29 Å². The van der Waals surface area contributed by atoms with Crippen molar-refractivity contribution in [2.75, 3.05) is 13.1 Å². The lowest BCUT2D eigenvalue weighted by Gasteiger charge is -2.38. The fourth-order valence-electron chi connectivity index (χ4n) is 3.93. The molecule has 1 aromatic heterocycles. The normalized spacial score (nSPS) is 12.3. The zero-order valence-corrected chi connectivity index (χ0v) is 20.5. The molecule has 2 N–H and O–H groups in total. The summed E-state index contributed by atoms with van der Waals surface area (Å²) in [5.74, 6) is 0. The molecule has 1 heterocycles. The van der Waals surface area contributed by atoms with Crippen LogP contribution in [0.4, 0.5) is 0 Å². The largest absolute Gasteiger partial charge is 0.330 e. The number of nitrogens with two attached hydrogens (primary N) is 1. The minimum absolute atomic E-state index is 0.219. The van der Waals surface area contributed by atoms with Gasteiger partial charge in [-0.15, -0.1) is 0 Å². The van der Waals surface area contributed by atoms with Crippen LogP contribution in [0.5, 0.6) is 0 Å². The molecule has 0 fully saturated rings. The minimum atomic E-state index is -3.83. The van der Waals surface area contributed by atoms with Crippen molar-refractivity contribution in [2.24, 2.45) is 5.73 Å². The molecule has 7 heteroatoms. The molecule has 3 aromatic rings. The summed E-state index contributed by atoms with van der Waals surface area (Å²) in [6.45, 7) is 8.30. The smallest absolute Gasteiger partial charge is 0.244 e. The van der Waals surface area contributed by atoms with Crippen molar-refractivity contribution < 1.29 is 8.42 Å². The van der Waals surface area contributed by atoms with E-state index in [4.69, 9.17) is 17.3 Å². The standard InChI is InChI=1S/C25H30ClN3O2S/c1-18-17-28-14-12-22(18)20-8-5-9-21(16-20)25(3,4)29(15-7-13-27)32(30,31)24-11-6-10-23(26)19(24)2/h5-6,8-12,14,16-17H,7,13,15,27H2,1-4H3. The molecule has 0 radical (unpaired) electrons. The van der Waals surface area contributed by atoms with E-state index in [9.17, 15) is 8.42 Å². The number of pyridine rings is 1. The van der Waals surface area contributed by atoms with Crippen molar-refractivity contribution in [3.05, 3.63) is 82.6 Å². The number of sulfonamides is 1. The lowest BCUT2D eigenvalue weighted by molar-refractivity contribution is 0.228. The lowest BCUT2D eigenvalue weighted by Crippen LogP contribution is -2.46. The number of halogens is 1. The van der Waals surface area contributed by atoms with Crippen molar-refractivity contribution in [3.8, 4) is 11.1 Å². The molecule has 0 atom stereocenters. The van der Waals surface area contributed by atoms with Gasteiger partial charge in [-0.05, 0) is 92.7 Å². The van der Waals surface area contributed by atoms with Crippen LogP contribution >= 0.6 is 11.6 Å². The summed E-state index contributed by atoms with van der Waals surface area (Å²) in [5, 5.41) is 0.429. The summed E-state index contributed by atoms with van der Waals surface area (Å²) in [7, 11) is -3.83. The number of hydrogen-bond donors (Lipinski definition) is 1. The second-order valence-corrected chi connectivity index (χ2v) is 10.7. The van der Waals surface area contributed by atoms with Gasteiger partial charge in [0.15, 0.2) is 0 Å². The molecule has 0 aliphatic rings. The van der Waals surface area contributed by atoms with E-state index in [1.807, 2.05) is 51.2 Å². The van der Waals surface area contributed by atoms with Gasteiger partial charge in [-0.25, -0.2) is 8.42 Å². The van der Waals surface area contributed by atoms with Gasteiger partial charge < -0.3 is 5.73 Å². The van der Waals surface area contributed by atoms with E-state index >= 15 is 0 Å².